The maximum absolute atomic E-state index is 11.6. The predicted octanol–water partition coefficient (Wildman–Crippen LogP) is 2.13. The van der Waals surface area contributed by atoms with Gasteiger partial charge in [-0.05, 0) is 18.2 Å². The molecule has 0 radical (unpaired) electrons. The minimum Gasteiger partial charge on any atom is -0.481 e. The number of rotatable bonds is 7. The number of halogens is 2. The highest BCUT2D eigenvalue weighted by atomic mass is 35.5. The van der Waals surface area contributed by atoms with E-state index in [0.29, 0.717) is 14.9 Å². The summed E-state index contributed by atoms with van der Waals surface area (Å²) in [6.07, 6.45) is -0.691. The highest BCUT2D eigenvalue weighted by molar-refractivity contribution is 8.00. The molecule has 0 spiro atoms. The van der Waals surface area contributed by atoms with Crippen LogP contribution in [0.15, 0.2) is 23.1 Å². The van der Waals surface area contributed by atoms with Crippen molar-refractivity contribution in [1.82, 2.24) is 5.32 Å². The molecule has 1 atom stereocenters. The van der Waals surface area contributed by atoms with Crippen molar-refractivity contribution in [2.24, 2.45) is 0 Å². The van der Waals surface area contributed by atoms with Crippen molar-refractivity contribution in [3.05, 3.63) is 28.2 Å². The lowest BCUT2D eigenvalue weighted by atomic mass is 10.2. The second kappa shape index (κ2) is 8.11. The number of benzene rings is 1. The second-order valence-corrected chi connectivity index (χ2v) is 5.78. The fourth-order valence-corrected chi connectivity index (χ4v) is 2.65. The van der Waals surface area contributed by atoms with Gasteiger partial charge in [0.15, 0.2) is 0 Å². The molecule has 9 heteroatoms. The average Bonchev–Trinajstić information content (AvgIpc) is 2.38. The van der Waals surface area contributed by atoms with Gasteiger partial charge in [-0.15, -0.1) is 11.8 Å². The van der Waals surface area contributed by atoms with Crippen molar-refractivity contribution in [3.63, 3.8) is 0 Å². The molecule has 6 nitrogen and oxygen atoms in total. The molecule has 1 aromatic rings. The molecule has 0 aliphatic carbocycles. The van der Waals surface area contributed by atoms with Crippen LogP contribution in [0.1, 0.15) is 6.42 Å². The Balaban J connectivity index is 2.58. The van der Waals surface area contributed by atoms with Gasteiger partial charge in [0.25, 0.3) is 0 Å². The van der Waals surface area contributed by atoms with Crippen LogP contribution in [0, 0.1) is 0 Å². The van der Waals surface area contributed by atoms with Crippen LogP contribution in [0.4, 0.5) is 0 Å². The monoisotopic (exact) mass is 351 g/mol. The molecule has 0 fully saturated rings. The number of carbonyl (C=O) groups excluding carboxylic acids is 1. The molecule has 1 amide bonds. The van der Waals surface area contributed by atoms with E-state index in [2.05, 4.69) is 5.32 Å². The van der Waals surface area contributed by atoms with E-state index < -0.39 is 30.3 Å². The van der Waals surface area contributed by atoms with Gasteiger partial charge in [-0.1, -0.05) is 23.2 Å². The fourth-order valence-electron chi connectivity index (χ4n) is 1.34. The molecule has 0 aliphatic heterocycles. The van der Waals surface area contributed by atoms with Gasteiger partial charge in [0.2, 0.25) is 5.91 Å². The van der Waals surface area contributed by atoms with Crippen molar-refractivity contribution in [2.75, 3.05) is 5.75 Å². The molecule has 3 N–H and O–H groups in total. The Hall–Kier alpha value is -1.44. The zero-order valence-corrected chi connectivity index (χ0v) is 12.8. The third-order valence-electron chi connectivity index (χ3n) is 2.26. The summed E-state index contributed by atoms with van der Waals surface area (Å²) in [5.41, 5.74) is 0. The van der Waals surface area contributed by atoms with Crippen molar-refractivity contribution in [3.8, 4) is 0 Å². The maximum Gasteiger partial charge on any atom is 0.326 e. The summed E-state index contributed by atoms with van der Waals surface area (Å²) in [5, 5.41) is 20.4. The molecule has 0 bridgehead atoms. The first-order valence-electron chi connectivity index (χ1n) is 5.61. The first kappa shape index (κ1) is 17.6. The van der Waals surface area contributed by atoms with Gasteiger partial charge >= 0.3 is 11.9 Å². The molecule has 0 saturated heterocycles. The Morgan fingerprint density at radius 2 is 1.90 bits per heavy atom. The number of thioether (sulfide) groups is 1. The van der Waals surface area contributed by atoms with Crippen molar-refractivity contribution >= 4 is 52.8 Å². The summed E-state index contributed by atoms with van der Waals surface area (Å²) < 4.78 is 0. The SMILES string of the molecule is O=C(O)CC(NC(=O)CSc1cc(Cl)ccc1Cl)C(=O)O. The number of hydrogen-bond acceptors (Lipinski definition) is 4. The van der Waals surface area contributed by atoms with Crippen molar-refractivity contribution in [1.29, 1.82) is 0 Å². The third kappa shape index (κ3) is 6.24. The third-order valence-corrected chi connectivity index (χ3v) is 4.00. The lowest BCUT2D eigenvalue weighted by Gasteiger charge is -2.12. The summed E-state index contributed by atoms with van der Waals surface area (Å²) in [6.45, 7) is 0. The normalized spacial score (nSPS) is 11.7. The molecule has 21 heavy (non-hydrogen) atoms. The van der Waals surface area contributed by atoms with Gasteiger partial charge in [-0.3, -0.25) is 9.59 Å². The highest BCUT2D eigenvalue weighted by Gasteiger charge is 2.23. The number of amides is 1. The van der Waals surface area contributed by atoms with E-state index in [1.807, 2.05) is 0 Å². The number of hydrogen-bond donors (Lipinski definition) is 3. The zero-order valence-electron chi connectivity index (χ0n) is 10.5. The molecule has 0 saturated carbocycles. The number of carboxylic acids is 2. The Labute approximate surface area is 134 Å². The zero-order chi connectivity index (χ0) is 16.0. The Morgan fingerprint density at radius 3 is 2.48 bits per heavy atom. The van der Waals surface area contributed by atoms with E-state index >= 15 is 0 Å². The van der Waals surface area contributed by atoms with Gasteiger partial charge in [-0.2, -0.15) is 0 Å². The van der Waals surface area contributed by atoms with E-state index in [9.17, 15) is 14.4 Å². The van der Waals surface area contributed by atoms with Gasteiger partial charge in [-0.25, -0.2) is 4.79 Å². The predicted molar refractivity (Wildman–Crippen MR) is 79.0 cm³/mol. The van der Waals surface area contributed by atoms with Gasteiger partial charge in [0, 0.05) is 9.92 Å². The topological polar surface area (TPSA) is 104 Å². The van der Waals surface area contributed by atoms with Crippen LogP contribution in [0.25, 0.3) is 0 Å². The molecule has 1 unspecified atom stereocenters. The van der Waals surface area contributed by atoms with E-state index in [1.165, 1.54) is 0 Å². The first-order valence-corrected chi connectivity index (χ1v) is 7.35. The number of carbonyl (C=O) groups is 3. The van der Waals surface area contributed by atoms with Crippen LogP contribution in [0.3, 0.4) is 0 Å². The van der Waals surface area contributed by atoms with Crippen molar-refractivity contribution < 1.29 is 24.6 Å². The van der Waals surface area contributed by atoms with Crippen LogP contribution in [-0.2, 0) is 14.4 Å². The van der Waals surface area contributed by atoms with Crippen LogP contribution in [0.5, 0.6) is 0 Å². The van der Waals surface area contributed by atoms with Gasteiger partial charge in [0.1, 0.15) is 6.04 Å². The van der Waals surface area contributed by atoms with Crippen LogP contribution in [0.2, 0.25) is 10.0 Å². The lowest BCUT2D eigenvalue weighted by molar-refractivity contribution is -0.147. The van der Waals surface area contributed by atoms with E-state index in [0.717, 1.165) is 11.8 Å². The number of nitrogens with one attached hydrogen (secondary N) is 1. The number of carboxylic acid groups (broad SMARTS) is 2. The summed E-state index contributed by atoms with van der Waals surface area (Å²) in [5.74, 6) is -3.43. The minimum atomic E-state index is -1.47. The Morgan fingerprint density at radius 1 is 1.24 bits per heavy atom. The largest absolute Gasteiger partial charge is 0.481 e. The molecule has 0 heterocycles. The Kier molecular flexibility index (Phi) is 6.80. The first-order chi connectivity index (χ1) is 9.79. The highest BCUT2D eigenvalue weighted by Crippen LogP contribution is 2.29. The molecule has 1 rings (SSSR count). The lowest BCUT2D eigenvalue weighted by Crippen LogP contribution is -2.43. The van der Waals surface area contributed by atoms with Crippen LogP contribution < -0.4 is 5.32 Å². The van der Waals surface area contributed by atoms with E-state index in [1.54, 1.807) is 18.2 Å². The van der Waals surface area contributed by atoms with E-state index in [-0.39, 0.29) is 5.75 Å². The fraction of sp³-hybridized carbons (Fsp3) is 0.250. The van der Waals surface area contributed by atoms with Crippen molar-refractivity contribution in [2.45, 2.75) is 17.4 Å². The van der Waals surface area contributed by atoms with Gasteiger partial charge in [0.05, 0.1) is 17.2 Å². The van der Waals surface area contributed by atoms with Crippen LogP contribution >= 0.6 is 35.0 Å². The second-order valence-electron chi connectivity index (χ2n) is 3.92. The number of aliphatic carboxylic acids is 2. The Bertz CT molecular complexity index is 567. The molecule has 0 aromatic heterocycles. The quantitative estimate of drug-likeness (QED) is 0.650. The molecular weight excluding hydrogens is 341 g/mol. The molecule has 114 valence electrons. The summed E-state index contributed by atoms with van der Waals surface area (Å²) >= 11 is 12.8. The average molecular weight is 352 g/mol. The molecule has 1 aromatic carbocycles. The smallest absolute Gasteiger partial charge is 0.326 e. The van der Waals surface area contributed by atoms with Gasteiger partial charge < -0.3 is 15.5 Å². The van der Waals surface area contributed by atoms with E-state index in [4.69, 9.17) is 33.4 Å². The standard InChI is InChI=1S/C12H11Cl2NO5S/c13-6-1-2-7(14)9(3-6)21-5-10(16)15-8(12(19)20)4-11(17)18/h1-3,8H,4-5H2,(H,15,16)(H,17,18)(H,19,20). The molecule has 0 aliphatic rings. The summed E-state index contributed by atoms with van der Waals surface area (Å²) in [4.78, 5) is 33.5. The molecular formula is C12H11Cl2NO5S. The summed E-state index contributed by atoms with van der Waals surface area (Å²) in [6, 6.07) is 3.29. The minimum absolute atomic E-state index is 0.108. The van der Waals surface area contributed by atoms with Crippen LogP contribution in [-0.4, -0.2) is 39.9 Å². The maximum atomic E-state index is 11.6. The summed E-state index contributed by atoms with van der Waals surface area (Å²) in [7, 11) is 0.